The molecule has 14 heavy (non-hydrogen) atoms. The SMILES string of the molecule is Cc1cnc(CN2CCNCC2)nc1. The van der Waals surface area contributed by atoms with E-state index >= 15 is 0 Å². The Morgan fingerprint density at radius 2 is 1.93 bits per heavy atom. The third-order valence-electron chi connectivity index (χ3n) is 2.41. The summed E-state index contributed by atoms with van der Waals surface area (Å²) >= 11 is 0. The Morgan fingerprint density at radius 1 is 1.29 bits per heavy atom. The molecule has 4 nitrogen and oxygen atoms in total. The zero-order chi connectivity index (χ0) is 9.80. The van der Waals surface area contributed by atoms with Gasteiger partial charge < -0.3 is 5.32 Å². The zero-order valence-corrected chi connectivity index (χ0v) is 8.53. The van der Waals surface area contributed by atoms with Gasteiger partial charge in [-0.15, -0.1) is 0 Å². The van der Waals surface area contributed by atoms with E-state index in [0.717, 1.165) is 44.1 Å². The van der Waals surface area contributed by atoms with Gasteiger partial charge in [0.15, 0.2) is 0 Å². The maximum absolute atomic E-state index is 4.30. The van der Waals surface area contributed by atoms with Gasteiger partial charge in [0.05, 0.1) is 6.54 Å². The normalized spacial score (nSPS) is 18.4. The van der Waals surface area contributed by atoms with Crippen molar-refractivity contribution in [3.05, 3.63) is 23.8 Å². The van der Waals surface area contributed by atoms with Gasteiger partial charge in [0, 0.05) is 38.6 Å². The molecule has 1 N–H and O–H groups in total. The molecule has 1 fully saturated rings. The van der Waals surface area contributed by atoms with Crippen molar-refractivity contribution >= 4 is 0 Å². The number of nitrogens with one attached hydrogen (secondary N) is 1. The zero-order valence-electron chi connectivity index (χ0n) is 8.53. The van der Waals surface area contributed by atoms with Crippen molar-refractivity contribution < 1.29 is 0 Å². The Kier molecular flexibility index (Phi) is 3.06. The molecule has 1 aromatic rings. The van der Waals surface area contributed by atoms with Crippen LogP contribution in [0.5, 0.6) is 0 Å². The van der Waals surface area contributed by atoms with E-state index in [9.17, 15) is 0 Å². The first-order valence-corrected chi connectivity index (χ1v) is 5.05. The fourth-order valence-corrected chi connectivity index (χ4v) is 1.57. The van der Waals surface area contributed by atoms with Crippen molar-refractivity contribution in [3.8, 4) is 0 Å². The molecule has 0 atom stereocenters. The minimum atomic E-state index is 0.877. The highest BCUT2D eigenvalue weighted by molar-refractivity contribution is 5.01. The molecule has 1 aromatic heterocycles. The quantitative estimate of drug-likeness (QED) is 0.726. The van der Waals surface area contributed by atoms with E-state index < -0.39 is 0 Å². The van der Waals surface area contributed by atoms with Crippen LogP contribution in [0.15, 0.2) is 12.4 Å². The van der Waals surface area contributed by atoms with E-state index in [1.165, 1.54) is 0 Å². The van der Waals surface area contributed by atoms with Gasteiger partial charge in [0.2, 0.25) is 0 Å². The highest BCUT2D eigenvalue weighted by atomic mass is 15.2. The van der Waals surface area contributed by atoms with Crippen LogP contribution >= 0.6 is 0 Å². The van der Waals surface area contributed by atoms with Crippen LogP contribution in [0.3, 0.4) is 0 Å². The van der Waals surface area contributed by atoms with Gasteiger partial charge in [-0.25, -0.2) is 9.97 Å². The molecule has 0 bridgehead atoms. The smallest absolute Gasteiger partial charge is 0.142 e. The summed E-state index contributed by atoms with van der Waals surface area (Å²) in [5, 5.41) is 3.33. The maximum Gasteiger partial charge on any atom is 0.142 e. The van der Waals surface area contributed by atoms with Crippen LogP contribution in [0.25, 0.3) is 0 Å². The topological polar surface area (TPSA) is 41.1 Å². The minimum absolute atomic E-state index is 0.877. The number of hydrogen-bond acceptors (Lipinski definition) is 4. The van der Waals surface area contributed by atoms with Crippen LogP contribution in [-0.4, -0.2) is 41.0 Å². The summed E-state index contributed by atoms with van der Waals surface area (Å²) in [6, 6.07) is 0. The molecule has 0 spiro atoms. The molecule has 0 saturated carbocycles. The van der Waals surface area contributed by atoms with Crippen LogP contribution in [0, 0.1) is 6.92 Å². The molecule has 4 heteroatoms. The molecule has 0 aliphatic carbocycles. The molecular weight excluding hydrogens is 176 g/mol. The van der Waals surface area contributed by atoms with Gasteiger partial charge in [-0.2, -0.15) is 0 Å². The predicted molar refractivity (Wildman–Crippen MR) is 54.9 cm³/mol. The Balaban J connectivity index is 1.92. The number of rotatable bonds is 2. The Morgan fingerprint density at radius 3 is 2.57 bits per heavy atom. The number of piperazine rings is 1. The Bertz CT molecular complexity index is 277. The first-order chi connectivity index (χ1) is 6.84. The molecule has 0 aromatic carbocycles. The van der Waals surface area contributed by atoms with E-state index in [1.54, 1.807) is 0 Å². The second kappa shape index (κ2) is 4.48. The van der Waals surface area contributed by atoms with E-state index in [1.807, 2.05) is 19.3 Å². The highest BCUT2D eigenvalue weighted by Gasteiger charge is 2.10. The van der Waals surface area contributed by atoms with Crippen LogP contribution in [0.2, 0.25) is 0 Å². The molecule has 1 aliphatic rings. The lowest BCUT2D eigenvalue weighted by atomic mass is 10.3. The summed E-state index contributed by atoms with van der Waals surface area (Å²) in [7, 11) is 0. The summed E-state index contributed by atoms with van der Waals surface area (Å²) < 4.78 is 0. The number of aryl methyl sites for hydroxylation is 1. The fourth-order valence-electron chi connectivity index (χ4n) is 1.57. The van der Waals surface area contributed by atoms with Gasteiger partial charge in [-0.3, -0.25) is 4.90 Å². The molecule has 0 unspecified atom stereocenters. The average Bonchev–Trinajstić information content (AvgIpc) is 2.23. The minimum Gasteiger partial charge on any atom is -0.314 e. The summed E-state index contributed by atoms with van der Waals surface area (Å²) in [4.78, 5) is 11.0. The maximum atomic E-state index is 4.30. The van der Waals surface area contributed by atoms with Crippen molar-refractivity contribution in [2.45, 2.75) is 13.5 Å². The van der Waals surface area contributed by atoms with E-state index in [4.69, 9.17) is 0 Å². The van der Waals surface area contributed by atoms with Crippen LogP contribution < -0.4 is 5.32 Å². The van der Waals surface area contributed by atoms with Gasteiger partial charge in [-0.1, -0.05) is 0 Å². The third-order valence-corrected chi connectivity index (χ3v) is 2.41. The van der Waals surface area contributed by atoms with Crippen molar-refractivity contribution in [2.75, 3.05) is 26.2 Å². The summed E-state index contributed by atoms with van der Waals surface area (Å²) in [5.74, 6) is 0.928. The third kappa shape index (κ3) is 2.49. The van der Waals surface area contributed by atoms with Gasteiger partial charge in [0.25, 0.3) is 0 Å². The van der Waals surface area contributed by atoms with E-state index in [-0.39, 0.29) is 0 Å². The van der Waals surface area contributed by atoms with E-state index in [2.05, 4.69) is 20.2 Å². The monoisotopic (exact) mass is 192 g/mol. The largest absolute Gasteiger partial charge is 0.314 e. The number of nitrogens with zero attached hydrogens (tertiary/aromatic N) is 3. The number of aromatic nitrogens is 2. The molecule has 76 valence electrons. The van der Waals surface area contributed by atoms with Crippen LogP contribution in [-0.2, 0) is 6.54 Å². The standard InChI is InChI=1S/C10H16N4/c1-9-6-12-10(13-7-9)8-14-4-2-11-3-5-14/h6-7,11H,2-5,8H2,1H3. The van der Waals surface area contributed by atoms with E-state index in [0.29, 0.717) is 0 Å². The molecular formula is C10H16N4. The fraction of sp³-hybridized carbons (Fsp3) is 0.600. The second-order valence-corrected chi connectivity index (χ2v) is 3.70. The molecule has 1 aliphatic heterocycles. The molecule has 0 radical (unpaired) electrons. The first-order valence-electron chi connectivity index (χ1n) is 5.05. The number of hydrogen-bond donors (Lipinski definition) is 1. The van der Waals surface area contributed by atoms with Crippen molar-refractivity contribution in [2.24, 2.45) is 0 Å². The first kappa shape index (κ1) is 9.55. The Hall–Kier alpha value is -1.00. The van der Waals surface area contributed by atoms with Gasteiger partial charge >= 0.3 is 0 Å². The molecule has 2 rings (SSSR count). The van der Waals surface area contributed by atoms with Crippen LogP contribution in [0.1, 0.15) is 11.4 Å². The predicted octanol–water partition coefficient (Wildman–Crippen LogP) is 0.190. The molecule has 2 heterocycles. The Labute approximate surface area is 84.4 Å². The van der Waals surface area contributed by atoms with Gasteiger partial charge in [0.1, 0.15) is 5.82 Å². The van der Waals surface area contributed by atoms with Crippen molar-refractivity contribution in [3.63, 3.8) is 0 Å². The lowest BCUT2D eigenvalue weighted by Gasteiger charge is -2.26. The van der Waals surface area contributed by atoms with Crippen LogP contribution in [0.4, 0.5) is 0 Å². The van der Waals surface area contributed by atoms with Crippen molar-refractivity contribution in [1.29, 1.82) is 0 Å². The molecule has 1 saturated heterocycles. The lowest BCUT2D eigenvalue weighted by molar-refractivity contribution is 0.228. The lowest BCUT2D eigenvalue weighted by Crippen LogP contribution is -2.43. The summed E-state index contributed by atoms with van der Waals surface area (Å²) in [6.07, 6.45) is 3.76. The molecule has 0 amide bonds. The van der Waals surface area contributed by atoms with Gasteiger partial charge in [-0.05, 0) is 12.5 Å². The second-order valence-electron chi connectivity index (χ2n) is 3.70. The van der Waals surface area contributed by atoms with Crippen molar-refractivity contribution in [1.82, 2.24) is 20.2 Å². The summed E-state index contributed by atoms with van der Waals surface area (Å²) in [5.41, 5.74) is 1.12. The summed E-state index contributed by atoms with van der Waals surface area (Å²) in [6.45, 7) is 7.22. The highest BCUT2D eigenvalue weighted by Crippen LogP contribution is 2.00. The average molecular weight is 192 g/mol.